The lowest BCUT2D eigenvalue weighted by molar-refractivity contribution is -0.125. The van der Waals surface area contributed by atoms with Crippen LogP contribution in [0.15, 0.2) is 18.3 Å². The Bertz CT molecular complexity index is 491. The highest BCUT2D eigenvalue weighted by molar-refractivity contribution is 5.91. The molecule has 0 atom stereocenters. The minimum Gasteiger partial charge on any atom is -0.452 e. The first-order chi connectivity index (χ1) is 10.0. The number of rotatable bonds is 4. The monoisotopic (exact) mass is 290 g/mol. The first kappa shape index (κ1) is 15.5. The summed E-state index contributed by atoms with van der Waals surface area (Å²) in [6, 6.07) is 3.60. The van der Waals surface area contributed by atoms with E-state index in [9.17, 15) is 9.59 Å². The quantitative estimate of drug-likeness (QED) is 0.864. The summed E-state index contributed by atoms with van der Waals surface area (Å²) in [4.78, 5) is 27.6. The van der Waals surface area contributed by atoms with Crippen LogP contribution in [0.25, 0.3) is 0 Å². The highest BCUT2D eigenvalue weighted by Crippen LogP contribution is 2.23. The fraction of sp³-hybridized carbons (Fsp3) is 0.562. The van der Waals surface area contributed by atoms with E-state index in [1.54, 1.807) is 12.1 Å². The maximum absolute atomic E-state index is 11.8. The van der Waals surface area contributed by atoms with Crippen LogP contribution < -0.4 is 5.32 Å². The molecule has 0 spiro atoms. The zero-order chi connectivity index (χ0) is 15.2. The summed E-state index contributed by atoms with van der Waals surface area (Å²) >= 11 is 0. The van der Waals surface area contributed by atoms with Gasteiger partial charge in [0.15, 0.2) is 6.61 Å². The number of hydrogen-bond acceptors (Lipinski definition) is 4. The van der Waals surface area contributed by atoms with Crippen LogP contribution in [0.3, 0.4) is 0 Å². The van der Waals surface area contributed by atoms with Crippen molar-refractivity contribution in [3.63, 3.8) is 0 Å². The lowest BCUT2D eigenvalue weighted by Crippen LogP contribution is -2.39. The normalized spacial score (nSPS) is 21.6. The molecule has 1 aromatic rings. The summed E-state index contributed by atoms with van der Waals surface area (Å²) in [5.74, 6) is -0.0112. The van der Waals surface area contributed by atoms with Gasteiger partial charge in [0.2, 0.25) is 0 Å². The molecule has 0 radical (unpaired) electrons. The van der Waals surface area contributed by atoms with Gasteiger partial charge in [0.1, 0.15) is 0 Å². The fourth-order valence-electron chi connectivity index (χ4n) is 2.48. The number of nitrogens with one attached hydrogen (secondary N) is 1. The van der Waals surface area contributed by atoms with Gasteiger partial charge in [-0.05, 0) is 50.7 Å². The van der Waals surface area contributed by atoms with Crippen molar-refractivity contribution in [1.29, 1.82) is 0 Å². The SMILES string of the molecule is Cc1ccc(C(=O)OCC(=O)NC2CCC(C)CC2)cn1. The maximum Gasteiger partial charge on any atom is 0.340 e. The number of ether oxygens (including phenoxy) is 1. The third-order valence-electron chi connectivity index (χ3n) is 3.86. The molecule has 1 amide bonds. The average Bonchev–Trinajstić information content (AvgIpc) is 2.48. The van der Waals surface area contributed by atoms with Gasteiger partial charge < -0.3 is 10.1 Å². The lowest BCUT2D eigenvalue weighted by Gasteiger charge is -2.26. The van der Waals surface area contributed by atoms with Crippen LogP contribution >= 0.6 is 0 Å². The van der Waals surface area contributed by atoms with Crippen molar-refractivity contribution in [3.05, 3.63) is 29.6 Å². The Balaban J connectivity index is 1.73. The van der Waals surface area contributed by atoms with Crippen LogP contribution in [-0.4, -0.2) is 29.5 Å². The summed E-state index contributed by atoms with van der Waals surface area (Å²) in [6.07, 6.45) is 5.74. The highest BCUT2D eigenvalue weighted by Gasteiger charge is 2.20. The zero-order valence-corrected chi connectivity index (χ0v) is 12.6. The number of nitrogens with zero attached hydrogens (tertiary/aromatic N) is 1. The average molecular weight is 290 g/mol. The molecule has 0 saturated heterocycles. The molecule has 1 saturated carbocycles. The summed E-state index contributed by atoms with van der Waals surface area (Å²) < 4.78 is 5.00. The van der Waals surface area contributed by atoms with E-state index < -0.39 is 5.97 Å². The Morgan fingerprint density at radius 1 is 1.29 bits per heavy atom. The van der Waals surface area contributed by atoms with Crippen LogP contribution in [-0.2, 0) is 9.53 Å². The predicted octanol–water partition coefficient (Wildman–Crippen LogP) is 2.24. The Hall–Kier alpha value is -1.91. The van der Waals surface area contributed by atoms with E-state index in [1.807, 2.05) is 6.92 Å². The molecule has 0 bridgehead atoms. The molecule has 5 heteroatoms. The van der Waals surface area contributed by atoms with E-state index in [1.165, 1.54) is 6.20 Å². The number of carbonyl (C=O) groups is 2. The second-order valence-corrected chi connectivity index (χ2v) is 5.79. The summed E-state index contributed by atoms with van der Waals surface area (Å²) in [7, 11) is 0. The van der Waals surface area contributed by atoms with Crippen molar-refractivity contribution >= 4 is 11.9 Å². The highest BCUT2D eigenvalue weighted by atomic mass is 16.5. The third kappa shape index (κ3) is 4.85. The topological polar surface area (TPSA) is 68.3 Å². The molecule has 0 aromatic carbocycles. The van der Waals surface area contributed by atoms with E-state index in [2.05, 4.69) is 17.2 Å². The molecule has 0 unspecified atom stereocenters. The number of aromatic nitrogens is 1. The van der Waals surface area contributed by atoms with Crippen LogP contribution in [0, 0.1) is 12.8 Å². The second-order valence-electron chi connectivity index (χ2n) is 5.79. The minimum atomic E-state index is -0.519. The smallest absolute Gasteiger partial charge is 0.340 e. The summed E-state index contributed by atoms with van der Waals surface area (Å²) in [5, 5.41) is 2.92. The lowest BCUT2D eigenvalue weighted by atomic mass is 9.87. The molecule has 1 N–H and O–H groups in total. The van der Waals surface area contributed by atoms with Crippen molar-refractivity contribution in [2.75, 3.05) is 6.61 Å². The molecular weight excluding hydrogens is 268 g/mol. The van der Waals surface area contributed by atoms with Gasteiger partial charge in [-0.2, -0.15) is 0 Å². The summed E-state index contributed by atoms with van der Waals surface area (Å²) in [6.45, 7) is 3.84. The number of amides is 1. The first-order valence-electron chi connectivity index (χ1n) is 7.43. The van der Waals surface area contributed by atoms with E-state index in [-0.39, 0.29) is 18.6 Å². The minimum absolute atomic E-state index is 0.216. The number of hydrogen-bond donors (Lipinski definition) is 1. The Morgan fingerprint density at radius 3 is 2.62 bits per heavy atom. The molecule has 1 aliphatic rings. The van der Waals surface area contributed by atoms with Gasteiger partial charge in [-0.15, -0.1) is 0 Å². The van der Waals surface area contributed by atoms with E-state index >= 15 is 0 Å². The number of carbonyl (C=O) groups excluding carboxylic acids is 2. The van der Waals surface area contributed by atoms with Gasteiger partial charge in [0, 0.05) is 17.9 Å². The van der Waals surface area contributed by atoms with Gasteiger partial charge in [0.05, 0.1) is 5.56 Å². The van der Waals surface area contributed by atoms with E-state index in [0.717, 1.165) is 37.3 Å². The van der Waals surface area contributed by atoms with Gasteiger partial charge in [-0.25, -0.2) is 4.79 Å². The maximum atomic E-state index is 11.8. The third-order valence-corrected chi connectivity index (χ3v) is 3.86. The van der Waals surface area contributed by atoms with Crippen LogP contribution in [0.1, 0.15) is 48.7 Å². The van der Waals surface area contributed by atoms with Gasteiger partial charge in [-0.3, -0.25) is 9.78 Å². The Labute approximate surface area is 125 Å². The van der Waals surface area contributed by atoms with Crippen molar-refractivity contribution < 1.29 is 14.3 Å². The van der Waals surface area contributed by atoms with Crippen molar-refractivity contribution in [2.24, 2.45) is 5.92 Å². The number of pyridine rings is 1. The van der Waals surface area contributed by atoms with Crippen LogP contribution in [0.5, 0.6) is 0 Å². The van der Waals surface area contributed by atoms with E-state index in [0.29, 0.717) is 5.56 Å². The molecule has 1 aliphatic carbocycles. The molecule has 114 valence electrons. The standard InChI is InChI=1S/C16H22N2O3/c1-11-3-7-14(8-4-11)18-15(19)10-21-16(20)13-6-5-12(2)17-9-13/h5-6,9,11,14H,3-4,7-8,10H2,1-2H3,(H,18,19). The molecule has 0 aliphatic heterocycles. The molecular formula is C16H22N2O3. The van der Waals surface area contributed by atoms with Crippen molar-refractivity contribution in [2.45, 2.75) is 45.6 Å². The van der Waals surface area contributed by atoms with Crippen molar-refractivity contribution in [3.8, 4) is 0 Å². The Morgan fingerprint density at radius 2 is 2.00 bits per heavy atom. The molecule has 1 fully saturated rings. The predicted molar refractivity (Wildman–Crippen MR) is 78.8 cm³/mol. The summed E-state index contributed by atoms with van der Waals surface area (Å²) in [5.41, 5.74) is 1.19. The van der Waals surface area contributed by atoms with Gasteiger partial charge in [0.25, 0.3) is 5.91 Å². The zero-order valence-electron chi connectivity index (χ0n) is 12.6. The number of aryl methyl sites for hydroxylation is 1. The fourth-order valence-corrected chi connectivity index (χ4v) is 2.48. The Kier molecular flexibility index (Phi) is 5.31. The largest absolute Gasteiger partial charge is 0.452 e. The van der Waals surface area contributed by atoms with Crippen LogP contribution in [0.2, 0.25) is 0 Å². The molecule has 1 aromatic heterocycles. The van der Waals surface area contributed by atoms with Gasteiger partial charge in [-0.1, -0.05) is 6.92 Å². The van der Waals surface area contributed by atoms with Crippen molar-refractivity contribution in [1.82, 2.24) is 10.3 Å². The number of esters is 1. The molecule has 21 heavy (non-hydrogen) atoms. The molecule has 1 heterocycles. The second kappa shape index (κ2) is 7.20. The molecule has 5 nitrogen and oxygen atoms in total. The van der Waals surface area contributed by atoms with Gasteiger partial charge >= 0.3 is 5.97 Å². The van der Waals surface area contributed by atoms with E-state index in [4.69, 9.17) is 4.74 Å². The van der Waals surface area contributed by atoms with Crippen LogP contribution in [0.4, 0.5) is 0 Å². The molecule has 2 rings (SSSR count). The first-order valence-corrected chi connectivity index (χ1v) is 7.43.